The van der Waals surface area contributed by atoms with Crippen LogP contribution in [0.1, 0.15) is 25.0 Å². The number of rotatable bonds is 5. The van der Waals surface area contributed by atoms with Crippen molar-refractivity contribution in [2.24, 2.45) is 0 Å². The van der Waals surface area contributed by atoms with E-state index in [1.54, 1.807) is 0 Å². The van der Waals surface area contributed by atoms with Gasteiger partial charge in [0.1, 0.15) is 11.2 Å². The molecule has 9 aromatic carbocycles. The molecule has 0 unspecified atom stereocenters. The third-order valence-corrected chi connectivity index (χ3v) is 13.6. The summed E-state index contributed by atoms with van der Waals surface area (Å²) in [6, 6.07) is 68.9. The monoisotopic (exact) mass is 759 g/mol. The molecule has 2 heterocycles. The highest BCUT2D eigenvalue weighted by molar-refractivity contribution is 7.25. The fourth-order valence-corrected chi connectivity index (χ4v) is 10.7. The van der Waals surface area contributed by atoms with Crippen LogP contribution in [0, 0.1) is 0 Å². The third kappa shape index (κ3) is 4.90. The molecule has 0 spiro atoms. The molecular weight excluding hydrogens is 723 g/mol. The number of furan rings is 1. The van der Waals surface area contributed by atoms with Crippen LogP contribution >= 0.6 is 11.3 Å². The molecule has 0 saturated heterocycles. The fourth-order valence-electron chi connectivity index (χ4n) is 9.62. The first kappa shape index (κ1) is 33.2. The van der Waals surface area contributed by atoms with Gasteiger partial charge in [0.15, 0.2) is 0 Å². The maximum atomic E-state index is 6.90. The molecule has 1 aliphatic rings. The van der Waals surface area contributed by atoms with Crippen LogP contribution in [-0.4, -0.2) is 0 Å². The summed E-state index contributed by atoms with van der Waals surface area (Å²) in [6.07, 6.45) is 0. The lowest BCUT2D eigenvalue weighted by atomic mass is 9.82. The van der Waals surface area contributed by atoms with Crippen LogP contribution in [0.3, 0.4) is 0 Å². The molecule has 0 saturated carbocycles. The van der Waals surface area contributed by atoms with Crippen LogP contribution in [0.2, 0.25) is 0 Å². The molecule has 2 nitrogen and oxygen atoms in total. The van der Waals surface area contributed by atoms with E-state index < -0.39 is 0 Å². The summed E-state index contributed by atoms with van der Waals surface area (Å²) in [5, 5.41) is 7.26. The summed E-state index contributed by atoms with van der Waals surface area (Å²) in [5.41, 5.74) is 14.8. The minimum absolute atomic E-state index is 0.139. The van der Waals surface area contributed by atoms with E-state index in [0.717, 1.165) is 50.1 Å². The molecule has 0 atom stereocenters. The number of para-hydroxylation sites is 1. The Morgan fingerprint density at radius 1 is 0.466 bits per heavy atom. The molecule has 11 aromatic rings. The summed E-state index contributed by atoms with van der Waals surface area (Å²) >= 11 is 1.86. The molecule has 274 valence electrons. The molecule has 1 aliphatic carbocycles. The Balaban J connectivity index is 1.10. The van der Waals surface area contributed by atoms with Gasteiger partial charge in [-0.1, -0.05) is 141 Å². The largest absolute Gasteiger partial charge is 0.455 e. The lowest BCUT2D eigenvalue weighted by Gasteiger charge is -2.30. The van der Waals surface area contributed by atoms with Crippen LogP contribution in [0.25, 0.3) is 86.3 Å². The Bertz CT molecular complexity index is 3440. The first-order valence-corrected chi connectivity index (χ1v) is 20.8. The summed E-state index contributed by atoms with van der Waals surface area (Å²) < 4.78 is 9.55. The molecule has 12 rings (SSSR count). The Kier molecular flexibility index (Phi) is 7.18. The second kappa shape index (κ2) is 12.5. The first-order valence-electron chi connectivity index (χ1n) is 20.0. The van der Waals surface area contributed by atoms with Crippen molar-refractivity contribution in [3.8, 4) is 33.4 Å². The van der Waals surface area contributed by atoms with E-state index in [1.165, 1.54) is 64.3 Å². The van der Waals surface area contributed by atoms with Gasteiger partial charge in [-0.05, 0) is 105 Å². The zero-order valence-corrected chi connectivity index (χ0v) is 33.0. The van der Waals surface area contributed by atoms with Gasteiger partial charge in [0.25, 0.3) is 0 Å². The number of hydrogen-bond acceptors (Lipinski definition) is 3. The van der Waals surface area contributed by atoms with Gasteiger partial charge in [0.2, 0.25) is 0 Å². The second-order valence-electron chi connectivity index (χ2n) is 16.1. The highest BCUT2D eigenvalue weighted by Crippen LogP contribution is 2.55. The Morgan fingerprint density at radius 3 is 2.07 bits per heavy atom. The zero-order valence-electron chi connectivity index (χ0n) is 32.2. The summed E-state index contributed by atoms with van der Waals surface area (Å²) in [6.45, 7) is 4.71. The van der Waals surface area contributed by atoms with E-state index in [1.807, 2.05) is 11.3 Å². The van der Waals surface area contributed by atoms with E-state index in [4.69, 9.17) is 4.42 Å². The fraction of sp³-hybridized carbons (Fsp3) is 0.0545. The van der Waals surface area contributed by atoms with Crippen molar-refractivity contribution in [1.29, 1.82) is 0 Å². The van der Waals surface area contributed by atoms with Crippen molar-refractivity contribution in [3.05, 3.63) is 199 Å². The van der Waals surface area contributed by atoms with Gasteiger partial charge < -0.3 is 9.32 Å². The molecular formula is C55H37NOS. The van der Waals surface area contributed by atoms with Crippen LogP contribution in [0.4, 0.5) is 17.1 Å². The minimum atomic E-state index is -0.139. The second-order valence-corrected chi connectivity index (χ2v) is 17.1. The van der Waals surface area contributed by atoms with E-state index >= 15 is 0 Å². The van der Waals surface area contributed by atoms with Gasteiger partial charge in [-0.25, -0.2) is 0 Å². The SMILES string of the molecule is CC1(C)c2ccccc2-c2c(N(c3ccc(-c4ccc5sc6ccccc6c5c4)cc3)c3ccc(-c4ccc5ccccc5c4)c4oc5ccccc5c34)cccc21. The van der Waals surface area contributed by atoms with Crippen molar-refractivity contribution >= 4 is 81.3 Å². The molecule has 3 heteroatoms. The molecule has 58 heavy (non-hydrogen) atoms. The highest BCUT2D eigenvalue weighted by atomic mass is 32.1. The van der Waals surface area contributed by atoms with Crippen LogP contribution < -0.4 is 4.90 Å². The molecule has 2 aromatic heterocycles. The average molecular weight is 760 g/mol. The lowest BCUT2D eigenvalue weighted by Crippen LogP contribution is -2.16. The number of benzene rings is 9. The highest BCUT2D eigenvalue weighted by Gasteiger charge is 2.38. The van der Waals surface area contributed by atoms with Crippen LogP contribution in [0.5, 0.6) is 0 Å². The van der Waals surface area contributed by atoms with E-state index in [2.05, 4.69) is 207 Å². The minimum Gasteiger partial charge on any atom is -0.455 e. The average Bonchev–Trinajstić information content (AvgIpc) is 3.92. The molecule has 0 aliphatic heterocycles. The summed E-state index contributed by atoms with van der Waals surface area (Å²) in [4.78, 5) is 2.48. The van der Waals surface area contributed by atoms with Gasteiger partial charge in [-0.3, -0.25) is 0 Å². The normalized spacial score (nSPS) is 13.1. The lowest BCUT2D eigenvalue weighted by molar-refractivity contribution is 0.660. The van der Waals surface area contributed by atoms with Crippen LogP contribution in [-0.2, 0) is 5.41 Å². The smallest absolute Gasteiger partial charge is 0.145 e. The number of nitrogens with zero attached hydrogens (tertiary/aromatic N) is 1. The van der Waals surface area contributed by atoms with Crippen LogP contribution in [0.15, 0.2) is 192 Å². The number of fused-ring (bicyclic) bond motifs is 10. The number of anilines is 3. The van der Waals surface area contributed by atoms with Crippen molar-refractivity contribution in [3.63, 3.8) is 0 Å². The van der Waals surface area contributed by atoms with Gasteiger partial charge >= 0.3 is 0 Å². The van der Waals surface area contributed by atoms with Gasteiger partial charge in [-0.2, -0.15) is 0 Å². The standard InChI is InChI=1S/C55H37NOS/c1-55(2)45-17-8-5-15-42(45)52-46(55)18-11-19-47(52)56(39-27-24-35(25-28-39)37-26-31-51-44(33-37)41-14-7-10-21-50(41)58-51)48-30-29-40(38-23-22-34-12-3-4-13-36(34)32-38)54-53(48)43-16-6-9-20-49(43)57-54/h3-33H,1-2H3. The van der Waals surface area contributed by atoms with Gasteiger partial charge in [0.05, 0.1) is 16.8 Å². The molecule has 0 bridgehead atoms. The molecule has 0 N–H and O–H groups in total. The maximum Gasteiger partial charge on any atom is 0.145 e. The van der Waals surface area contributed by atoms with E-state index in [9.17, 15) is 0 Å². The Hall–Kier alpha value is -6.94. The first-order chi connectivity index (χ1) is 28.5. The van der Waals surface area contributed by atoms with Crippen molar-refractivity contribution in [2.45, 2.75) is 19.3 Å². The Morgan fingerprint density at radius 2 is 1.17 bits per heavy atom. The Labute approximate surface area is 340 Å². The number of hydrogen-bond donors (Lipinski definition) is 0. The molecule has 0 amide bonds. The van der Waals surface area contributed by atoms with Gasteiger partial charge in [0, 0.05) is 47.8 Å². The predicted octanol–water partition coefficient (Wildman–Crippen LogP) is 16.2. The zero-order chi connectivity index (χ0) is 38.5. The summed E-state index contributed by atoms with van der Waals surface area (Å²) in [7, 11) is 0. The van der Waals surface area contributed by atoms with Crippen molar-refractivity contribution < 1.29 is 4.42 Å². The van der Waals surface area contributed by atoms with E-state index in [0.29, 0.717) is 0 Å². The van der Waals surface area contributed by atoms with Crippen molar-refractivity contribution in [2.75, 3.05) is 4.90 Å². The maximum absolute atomic E-state index is 6.90. The van der Waals surface area contributed by atoms with Crippen molar-refractivity contribution in [1.82, 2.24) is 0 Å². The molecule has 0 radical (unpaired) electrons. The third-order valence-electron chi connectivity index (χ3n) is 12.5. The topological polar surface area (TPSA) is 16.4 Å². The quantitative estimate of drug-likeness (QED) is 0.174. The van der Waals surface area contributed by atoms with Gasteiger partial charge in [-0.15, -0.1) is 11.3 Å². The molecule has 0 fully saturated rings. The summed E-state index contributed by atoms with van der Waals surface area (Å²) in [5.74, 6) is 0. The van der Waals surface area contributed by atoms with E-state index in [-0.39, 0.29) is 5.41 Å². The number of thiophene rings is 1. The predicted molar refractivity (Wildman–Crippen MR) is 247 cm³/mol.